The van der Waals surface area contributed by atoms with Gasteiger partial charge < -0.3 is 20.9 Å². The molecule has 0 unspecified atom stereocenters. The fraction of sp³-hybridized carbons (Fsp3) is 0.438. The monoisotopic (exact) mass is 564 g/mol. The van der Waals surface area contributed by atoms with Crippen molar-refractivity contribution in [2.45, 2.75) is 45.1 Å². The second-order valence-electron chi connectivity index (χ2n) is 12.0. The highest BCUT2D eigenvalue weighted by Crippen LogP contribution is 2.32. The van der Waals surface area contributed by atoms with Crippen molar-refractivity contribution in [3.63, 3.8) is 0 Å². The van der Waals surface area contributed by atoms with Crippen LogP contribution in [0.15, 0.2) is 48.5 Å². The van der Waals surface area contributed by atoms with E-state index in [1.165, 1.54) is 55.8 Å². The zero-order chi connectivity index (χ0) is 28.6. The van der Waals surface area contributed by atoms with Crippen molar-refractivity contribution in [2.24, 2.45) is 0 Å². The van der Waals surface area contributed by atoms with E-state index in [0.29, 0.717) is 17.8 Å². The summed E-state index contributed by atoms with van der Waals surface area (Å²) in [6, 6.07) is 17.7. The molecule has 10 heteroatoms. The van der Waals surface area contributed by atoms with Crippen LogP contribution in [0.1, 0.15) is 36.0 Å². The van der Waals surface area contributed by atoms with Crippen molar-refractivity contribution in [2.75, 3.05) is 62.3 Å². The highest BCUT2D eigenvalue weighted by molar-refractivity contribution is 5.68. The first kappa shape index (κ1) is 26.9. The van der Waals surface area contributed by atoms with Crippen molar-refractivity contribution in [3.05, 3.63) is 65.2 Å². The van der Waals surface area contributed by atoms with Crippen molar-refractivity contribution in [3.8, 4) is 17.1 Å². The fourth-order valence-electron chi connectivity index (χ4n) is 6.80. The molecule has 0 atom stereocenters. The first-order valence-electron chi connectivity index (χ1n) is 15.2. The molecule has 1 aliphatic carbocycles. The Morgan fingerprint density at radius 2 is 1.67 bits per heavy atom. The van der Waals surface area contributed by atoms with Crippen LogP contribution in [-0.2, 0) is 12.8 Å². The number of nitrogens with zero attached hydrogens (tertiary/aromatic N) is 8. The first-order chi connectivity index (χ1) is 20.5. The molecule has 42 heavy (non-hydrogen) atoms. The molecule has 0 bridgehead atoms. The smallest absolute Gasteiger partial charge is 0.248 e. The molecular weight excluding hydrogens is 524 g/mol. The van der Waals surface area contributed by atoms with Crippen molar-refractivity contribution < 1.29 is 0 Å². The molecule has 0 amide bonds. The summed E-state index contributed by atoms with van der Waals surface area (Å²) in [5, 5.41) is 17.1. The van der Waals surface area contributed by atoms with E-state index in [1.54, 1.807) is 4.68 Å². The van der Waals surface area contributed by atoms with Crippen LogP contribution in [0, 0.1) is 6.92 Å². The standard InChI is InChI=1S/C32H40N10/c1-22-20-25(10-11-28(22)41-14-12-26(13-15-41)40-18-16-39(2)17-19-40)34-32-35-31(33)42(38-32)29-21-24-8-5-7-23-6-3-4-9-27(23)30(24)37-36-29/h3-4,6,9-11,20-21,26H,5,7-8,12-19H2,1-2H3,(H3,33,34,35,38). The minimum Gasteiger partial charge on any atom is -0.371 e. The second kappa shape index (κ2) is 11.3. The number of hydrogen-bond donors (Lipinski definition) is 2. The summed E-state index contributed by atoms with van der Waals surface area (Å²) in [6.07, 6.45) is 5.49. The number of likely N-dealkylation sites (N-methyl/N-ethyl adjacent to an activating group) is 1. The van der Waals surface area contributed by atoms with E-state index < -0.39 is 0 Å². The molecule has 0 saturated carbocycles. The lowest BCUT2D eigenvalue weighted by Crippen LogP contribution is -2.52. The maximum absolute atomic E-state index is 6.30. The van der Waals surface area contributed by atoms with E-state index in [9.17, 15) is 0 Å². The quantitative estimate of drug-likeness (QED) is 0.371. The zero-order valence-corrected chi connectivity index (χ0v) is 24.6. The van der Waals surface area contributed by atoms with Crippen molar-refractivity contribution in [1.82, 2.24) is 34.8 Å². The number of rotatable bonds is 5. The number of hydrogen-bond acceptors (Lipinski definition) is 9. The molecule has 3 N–H and O–H groups in total. The average Bonchev–Trinajstić information content (AvgIpc) is 3.26. The molecule has 3 aliphatic rings. The van der Waals surface area contributed by atoms with Gasteiger partial charge in [-0.3, -0.25) is 4.90 Å². The number of piperazine rings is 1. The van der Waals surface area contributed by atoms with Crippen LogP contribution in [0.3, 0.4) is 0 Å². The maximum atomic E-state index is 6.30. The van der Waals surface area contributed by atoms with Gasteiger partial charge in [-0.25, -0.2) is 0 Å². The van der Waals surface area contributed by atoms with Gasteiger partial charge in [0.05, 0.1) is 5.69 Å². The Morgan fingerprint density at radius 3 is 2.48 bits per heavy atom. The van der Waals surface area contributed by atoms with Gasteiger partial charge in [-0.15, -0.1) is 15.3 Å². The Balaban J connectivity index is 1.03. The molecule has 2 aromatic heterocycles. The van der Waals surface area contributed by atoms with E-state index in [4.69, 9.17) is 5.73 Å². The Hall–Kier alpha value is -4.02. The maximum Gasteiger partial charge on any atom is 0.248 e. The molecular formula is C32H40N10. The van der Waals surface area contributed by atoms with Crippen LogP contribution in [-0.4, -0.2) is 87.1 Å². The molecule has 218 valence electrons. The fourth-order valence-corrected chi connectivity index (χ4v) is 6.80. The molecule has 4 heterocycles. The number of aryl methyl sites for hydroxylation is 3. The van der Waals surface area contributed by atoms with Gasteiger partial charge in [0.15, 0.2) is 5.82 Å². The van der Waals surface area contributed by atoms with Crippen molar-refractivity contribution in [1.29, 1.82) is 0 Å². The van der Waals surface area contributed by atoms with Gasteiger partial charge in [-0.2, -0.15) is 9.67 Å². The van der Waals surface area contributed by atoms with E-state index >= 15 is 0 Å². The Morgan fingerprint density at radius 1 is 0.881 bits per heavy atom. The van der Waals surface area contributed by atoms with Crippen LogP contribution >= 0.6 is 0 Å². The minimum absolute atomic E-state index is 0.275. The van der Waals surface area contributed by atoms with Gasteiger partial charge in [0.2, 0.25) is 11.9 Å². The number of anilines is 4. The summed E-state index contributed by atoms with van der Waals surface area (Å²) in [6.45, 7) is 9.13. The van der Waals surface area contributed by atoms with Gasteiger partial charge in [-0.1, -0.05) is 24.3 Å². The molecule has 2 aliphatic heterocycles. The van der Waals surface area contributed by atoms with Crippen molar-refractivity contribution >= 4 is 23.3 Å². The van der Waals surface area contributed by atoms with Crippen LogP contribution in [0.4, 0.5) is 23.3 Å². The molecule has 2 fully saturated rings. The molecule has 0 radical (unpaired) electrons. The number of aromatic nitrogens is 5. The van der Waals surface area contributed by atoms with Crippen LogP contribution in [0.25, 0.3) is 17.1 Å². The summed E-state index contributed by atoms with van der Waals surface area (Å²) in [5.74, 6) is 1.30. The SMILES string of the molecule is Cc1cc(Nc2nc(N)n(-c3cc4c(nn3)-c3ccccc3CCC4)n2)ccc1N1CCC(N2CCN(C)CC2)CC1. The summed E-state index contributed by atoms with van der Waals surface area (Å²) in [7, 11) is 2.22. The molecule has 7 rings (SSSR count). The van der Waals surface area contributed by atoms with E-state index in [1.807, 2.05) is 6.07 Å². The Labute approximate surface area is 247 Å². The van der Waals surface area contributed by atoms with E-state index in [2.05, 4.69) is 96.7 Å². The highest BCUT2D eigenvalue weighted by Gasteiger charge is 2.27. The lowest BCUT2D eigenvalue weighted by Gasteiger charge is -2.43. The summed E-state index contributed by atoms with van der Waals surface area (Å²) in [5.41, 5.74) is 14.4. The minimum atomic E-state index is 0.275. The van der Waals surface area contributed by atoms with Gasteiger partial charge in [0.1, 0.15) is 0 Å². The predicted molar refractivity (Wildman–Crippen MR) is 168 cm³/mol. The van der Waals surface area contributed by atoms with Gasteiger partial charge in [0.25, 0.3) is 0 Å². The third-order valence-corrected chi connectivity index (χ3v) is 9.19. The lowest BCUT2D eigenvalue weighted by atomic mass is 10.0. The van der Waals surface area contributed by atoms with Gasteiger partial charge in [-0.05, 0) is 87.0 Å². The Kier molecular flexibility index (Phi) is 7.25. The molecule has 0 spiro atoms. The third kappa shape index (κ3) is 5.32. The van der Waals surface area contributed by atoms with E-state index in [0.717, 1.165) is 54.9 Å². The summed E-state index contributed by atoms with van der Waals surface area (Å²) < 4.78 is 1.57. The summed E-state index contributed by atoms with van der Waals surface area (Å²) in [4.78, 5) is 12.1. The lowest BCUT2D eigenvalue weighted by molar-refractivity contribution is 0.0982. The highest BCUT2D eigenvalue weighted by atomic mass is 15.4. The first-order valence-corrected chi connectivity index (χ1v) is 15.2. The number of fused-ring (bicyclic) bond motifs is 3. The number of benzene rings is 2. The molecule has 2 saturated heterocycles. The molecule has 10 nitrogen and oxygen atoms in total. The molecule has 4 aromatic rings. The largest absolute Gasteiger partial charge is 0.371 e. The normalized spacial score (nSPS) is 18.4. The van der Waals surface area contributed by atoms with Gasteiger partial charge in [0, 0.05) is 62.2 Å². The average molecular weight is 565 g/mol. The topological polar surface area (TPSA) is 104 Å². The second-order valence-corrected chi connectivity index (χ2v) is 12.0. The summed E-state index contributed by atoms with van der Waals surface area (Å²) >= 11 is 0. The number of nitrogens with two attached hydrogens (primary N) is 1. The van der Waals surface area contributed by atoms with Gasteiger partial charge >= 0.3 is 0 Å². The van der Waals surface area contributed by atoms with Crippen LogP contribution < -0.4 is 16.0 Å². The van der Waals surface area contributed by atoms with Crippen LogP contribution in [0.5, 0.6) is 0 Å². The number of piperidine rings is 1. The zero-order valence-electron chi connectivity index (χ0n) is 24.6. The Bertz CT molecular complexity index is 1560. The number of nitrogens with one attached hydrogen (secondary N) is 1. The van der Waals surface area contributed by atoms with Crippen LogP contribution in [0.2, 0.25) is 0 Å². The predicted octanol–water partition coefficient (Wildman–Crippen LogP) is 4.06. The number of nitrogen functional groups attached to an aromatic ring is 1. The third-order valence-electron chi connectivity index (χ3n) is 9.19. The van der Waals surface area contributed by atoms with E-state index in [-0.39, 0.29) is 5.95 Å². The molecule has 2 aromatic carbocycles.